The van der Waals surface area contributed by atoms with E-state index in [4.69, 9.17) is 4.74 Å². The van der Waals surface area contributed by atoms with Crippen LogP contribution in [0.2, 0.25) is 0 Å². The zero-order chi connectivity index (χ0) is 17.8. The number of carbonyl (C=O) groups excluding carboxylic acids is 1. The summed E-state index contributed by atoms with van der Waals surface area (Å²) in [5, 5.41) is 3.01. The second kappa shape index (κ2) is 7.97. The molecule has 8 heteroatoms. The number of hydrogen-bond acceptors (Lipinski definition) is 5. The first-order chi connectivity index (χ1) is 12.0. The van der Waals surface area contributed by atoms with Gasteiger partial charge >= 0.3 is 5.69 Å². The summed E-state index contributed by atoms with van der Waals surface area (Å²) in [5.74, 6) is -0.179. The van der Waals surface area contributed by atoms with Crippen LogP contribution >= 0.6 is 0 Å². The highest BCUT2D eigenvalue weighted by Crippen LogP contribution is 2.17. The Morgan fingerprint density at radius 1 is 1.32 bits per heavy atom. The Hall–Kier alpha value is -1.93. The van der Waals surface area contributed by atoms with E-state index in [0.29, 0.717) is 11.7 Å². The number of piperidine rings is 1. The molecule has 1 atom stereocenters. The molecule has 0 saturated carbocycles. The molecule has 25 heavy (non-hydrogen) atoms. The third kappa shape index (κ3) is 4.58. The summed E-state index contributed by atoms with van der Waals surface area (Å²) in [6.07, 6.45) is 5.78. The van der Waals surface area contributed by atoms with E-state index < -0.39 is 11.2 Å². The average molecular weight is 350 g/mol. The fourth-order valence-electron chi connectivity index (χ4n) is 3.53. The van der Waals surface area contributed by atoms with E-state index in [0.717, 1.165) is 56.5 Å². The van der Waals surface area contributed by atoms with Gasteiger partial charge in [-0.3, -0.25) is 14.2 Å². The zero-order valence-electron chi connectivity index (χ0n) is 14.6. The van der Waals surface area contributed by atoms with Crippen LogP contribution in [0.25, 0.3) is 0 Å². The number of aromatic amines is 1. The van der Waals surface area contributed by atoms with Crippen LogP contribution in [0.4, 0.5) is 0 Å². The van der Waals surface area contributed by atoms with Gasteiger partial charge in [0, 0.05) is 51.1 Å². The molecular formula is C17H26N4O4. The molecule has 3 heterocycles. The molecule has 1 unspecified atom stereocenters. The standard InChI is InChI=1S/C17H26N4O4/c1-20-16(23)12(10-18-17(20)24)9-15(22)19-13-4-6-21(7-5-13)11-14-3-2-8-25-14/h10,13-14H,2-9,11H2,1H3,(H,18,24)(H,19,22). The summed E-state index contributed by atoms with van der Waals surface area (Å²) in [6.45, 7) is 3.76. The van der Waals surface area contributed by atoms with Crippen molar-refractivity contribution in [1.82, 2.24) is 19.8 Å². The van der Waals surface area contributed by atoms with Gasteiger partial charge in [0.25, 0.3) is 5.56 Å². The van der Waals surface area contributed by atoms with E-state index in [-0.39, 0.29) is 18.4 Å². The highest BCUT2D eigenvalue weighted by Gasteiger charge is 2.24. The maximum Gasteiger partial charge on any atom is 0.328 e. The van der Waals surface area contributed by atoms with Crippen molar-refractivity contribution in [3.63, 3.8) is 0 Å². The van der Waals surface area contributed by atoms with Crippen LogP contribution in [-0.4, -0.2) is 58.7 Å². The second-order valence-corrected chi connectivity index (χ2v) is 6.94. The lowest BCUT2D eigenvalue weighted by Gasteiger charge is -2.33. The molecular weight excluding hydrogens is 324 g/mol. The number of aromatic nitrogens is 2. The maximum absolute atomic E-state index is 12.2. The van der Waals surface area contributed by atoms with Crippen molar-refractivity contribution in [3.05, 3.63) is 32.6 Å². The summed E-state index contributed by atoms with van der Waals surface area (Å²) < 4.78 is 6.65. The van der Waals surface area contributed by atoms with E-state index in [1.807, 2.05) is 0 Å². The Labute approximate surface area is 146 Å². The smallest absolute Gasteiger partial charge is 0.328 e. The van der Waals surface area contributed by atoms with Crippen molar-refractivity contribution in [2.45, 2.75) is 44.2 Å². The topological polar surface area (TPSA) is 96.4 Å². The third-order valence-electron chi connectivity index (χ3n) is 5.04. The molecule has 2 aliphatic rings. The normalized spacial score (nSPS) is 22.2. The van der Waals surface area contributed by atoms with Crippen molar-refractivity contribution in [2.24, 2.45) is 7.05 Å². The van der Waals surface area contributed by atoms with Crippen LogP contribution in [0.5, 0.6) is 0 Å². The molecule has 1 amide bonds. The first-order valence-corrected chi connectivity index (χ1v) is 8.94. The molecule has 0 radical (unpaired) electrons. The van der Waals surface area contributed by atoms with Gasteiger partial charge in [0.1, 0.15) is 0 Å². The summed E-state index contributed by atoms with van der Waals surface area (Å²) in [6, 6.07) is 0.139. The van der Waals surface area contributed by atoms with Gasteiger partial charge in [0.15, 0.2) is 0 Å². The van der Waals surface area contributed by atoms with Crippen molar-refractivity contribution in [1.29, 1.82) is 0 Å². The lowest BCUT2D eigenvalue weighted by molar-refractivity contribution is -0.121. The second-order valence-electron chi connectivity index (χ2n) is 6.94. The van der Waals surface area contributed by atoms with E-state index in [1.165, 1.54) is 13.2 Å². The summed E-state index contributed by atoms with van der Waals surface area (Å²) >= 11 is 0. The number of amides is 1. The Bertz CT molecular complexity index is 712. The molecule has 1 aromatic rings. The molecule has 2 fully saturated rings. The summed E-state index contributed by atoms with van der Waals surface area (Å²) in [5.41, 5.74) is -0.603. The number of nitrogens with one attached hydrogen (secondary N) is 2. The molecule has 2 N–H and O–H groups in total. The van der Waals surface area contributed by atoms with Crippen LogP contribution in [-0.2, 0) is 23.0 Å². The Balaban J connectivity index is 1.45. The van der Waals surface area contributed by atoms with Gasteiger partial charge in [0.2, 0.25) is 5.91 Å². The van der Waals surface area contributed by atoms with Crippen LogP contribution in [0.15, 0.2) is 15.8 Å². The number of nitrogens with zero attached hydrogens (tertiary/aromatic N) is 2. The van der Waals surface area contributed by atoms with Crippen LogP contribution in [0.3, 0.4) is 0 Å². The molecule has 0 bridgehead atoms. The van der Waals surface area contributed by atoms with Gasteiger partial charge in [-0.1, -0.05) is 0 Å². The fraction of sp³-hybridized carbons (Fsp3) is 0.706. The highest BCUT2D eigenvalue weighted by molar-refractivity contribution is 5.78. The van der Waals surface area contributed by atoms with E-state index >= 15 is 0 Å². The van der Waals surface area contributed by atoms with Gasteiger partial charge in [-0.15, -0.1) is 0 Å². The molecule has 0 spiro atoms. The Kier molecular flexibility index (Phi) is 5.70. The van der Waals surface area contributed by atoms with Gasteiger partial charge in [-0.05, 0) is 25.7 Å². The molecule has 0 aromatic carbocycles. The molecule has 2 saturated heterocycles. The van der Waals surface area contributed by atoms with E-state index in [1.54, 1.807) is 0 Å². The highest BCUT2D eigenvalue weighted by atomic mass is 16.5. The number of H-pyrrole nitrogens is 1. The number of hydrogen-bond donors (Lipinski definition) is 2. The predicted molar refractivity (Wildman–Crippen MR) is 92.6 cm³/mol. The molecule has 1 aromatic heterocycles. The number of likely N-dealkylation sites (tertiary alicyclic amines) is 1. The number of ether oxygens (including phenoxy) is 1. The van der Waals surface area contributed by atoms with Crippen LogP contribution < -0.4 is 16.6 Å². The molecule has 3 rings (SSSR count). The first-order valence-electron chi connectivity index (χ1n) is 8.94. The fourth-order valence-corrected chi connectivity index (χ4v) is 3.53. The zero-order valence-corrected chi connectivity index (χ0v) is 14.6. The largest absolute Gasteiger partial charge is 0.377 e. The maximum atomic E-state index is 12.2. The van der Waals surface area contributed by atoms with E-state index in [9.17, 15) is 14.4 Å². The minimum Gasteiger partial charge on any atom is -0.377 e. The van der Waals surface area contributed by atoms with Gasteiger partial charge in [-0.25, -0.2) is 4.79 Å². The van der Waals surface area contributed by atoms with Crippen LogP contribution in [0, 0.1) is 0 Å². The quantitative estimate of drug-likeness (QED) is 0.737. The number of carbonyl (C=O) groups is 1. The van der Waals surface area contributed by atoms with Crippen molar-refractivity contribution < 1.29 is 9.53 Å². The van der Waals surface area contributed by atoms with Crippen LogP contribution in [0.1, 0.15) is 31.2 Å². The predicted octanol–water partition coefficient (Wildman–Crippen LogP) is -0.624. The number of rotatable bonds is 5. The van der Waals surface area contributed by atoms with E-state index in [2.05, 4.69) is 15.2 Å². The average Bonchev–Trinajstić information content (AvgIpc) is 3.10. The lowest BCUT2D eigenvalue weighted by atomic mass is 10.0. The summed E-state index contributed by atoms with van der Waals surface area (Å²) in [7, 11) is 1.40. The van der Waals surface area contributed by atoms with Crippen molar-refractivity contribution in [3.8, 4) is 0 Å². The lowest BCUT2D eigenvalue weighted by Crippen LogP contribution is -2.47. The van der Waals surface area contributed by atoms with Crippen molar-refractivity contribution >= 4 is 5.91 Å². The SMILES string of the molecule is Cn1c(=O)[nH]cc(CC(=O)NC2CCN(CC3CCCO3)CC2)c1=O. The molecule has 8 nitrogen and oxygen atoms in total. The third-order valence-corrected chi connectivity index (χ3v) is 5.04. The first kappa shape index (κ1) is 17.9. The van der Waals surface area contributed by atoms with Gasteiger partial charge in [0.05, 0.1) is 12.5 Å². The summed E-state index contributed by atoms with van der Waals surface area (Å²) in [4.78, 5) is 40.4. The Morgan fingerprint density at radius 3 is 2.76 bits per heavy atom. The molecule has 0 aliphatic carbocycles. The van der Waals surface area contributed by atoms with Gasteiger partial charge in [-0.2, -0.15) is 0 Å². The minimum absolute atomic E-state index is 0.0143. The monoisotopic (exact) mass is 350 g/mol. The van der Waals surface area contributed by atoms with Gasteiger partial charge < -0.3 is 19.9 Å². The Morgan fingerprint density at radius 2 is 2.08 bits per heavy atom. The minimum atomic E-state index is -0.479. The van der Waals surface area contributed by atoms with Crippen molar-refractivity contribution in [2.75, 3.05) is 26.2 Å². The molecule has 2 aliphatic heterocycles. The molecule has 138 valence electrons.